The molecule has 0 bridgehead atoms. The van der Waals surface area contributed by atoms with Gasteiger partial charge in [0.05, 0.1) is 17.5 Å². The number of nitrogens with one attached hydrogen (secondary N) is 3. The number of hydrogen-bond donors (Lipinski definition) is 4. The van der Waals surface area contributed by atoms with E-state index in [0.717, 1.165) is 16.7 Å². The largest absolute Gasteiger partial charge is 0.478 e. The minimum absolute atomic E-state index is 0.00104. The van der Waals surface area contributed by atoms with Gasteiger partial charge in [-0.1, -0.05) is 65.7 Å². The van der Waals surface area contributed by atoms with Crippen LogP contribution >= 0.6 is 0 Å². The van der Waals surface area contributed by atoms with Gasteiger partial charge in [-0.2, -0.15) is 0 Å². The van der Waals surface area contributed by atoms with E-state index in [2.05, 4.69) is 10.7 Å². The number of carboxylic acids is 1. The molecule has 0 saturated carbocycles. The maximum Gasteiger partial charge on any atom is 0.349 e. The van der Waals surface area contributed by atoms with Gasteiger partial charge in [0.25, 0.3) is 11.8 Å². The van der Waals surface area contributed by atoms with Crippen LogP contribution in [0, 0.1) is 13.8 Å². The lowest BCUT2D eigenvalue weighted by molar-refractivity contribution is -0.159. The summed E-state index contributed by atoms with van der Waals surface area (Å²) in [4.78, 5) is 76.3. The van der Waals surface area contributed by atoms with E-state index < -0.39 is 41.9 Å². The summed E-state index contributed by atoms with van der Waals surface area (Å²) in [5.74, 6) is -6.29. The molecule has 3 amide bonds. The van der Waals surface area contributed by atoms with E-state index in [1.807, 2.05) is 35.8 Å². The van der Waals surface area contributed by atoms with Gasteiger partial charge in [0.1, 0.15) is 0 Å². The zero-order valence-corrected chi connectivity index (χ0v) is 25.4. The first-order valence-electron chi connectivity index (χ1n) is 14.3. The maximum atomic E-state index is 13.2. The van der Waals surface area contributed by atoms with Gasteiger partial charge in [0.15, 0.2) is 0 Å². The summed E-state index contributed by atoms with van der Waals surface area (Å²) in [6, 6.07) is 26.9. The van der Waals surface area contributed by atoms with Crippen molar-refractivity contribution in [3.63, 3.8) is 0 Å². The van der Waals surface area contributed by atoms with Crippen molar-refractivity contribution in [1.82, 2.24) is 10.9 Å². The van der Waals surface area contributed by atoms with Crippen LogP contribution in [0.15, 0.2) is 103 Å². The molecular formula is C35H31N3O9. The summed E-state index contributed by atoms with van der Waals surface area (Å²) in [6.45, 7) is 3.57. The number of hydrogen-bond acceptors (Lipinski definition) is 8. The maximum absolute atomic E-state index is 13.2. The average Bonchev–Trinajstić information content (AvgIpc) is 3.06. The first-order chi connectivity index (χ1) is 22.5. The van der Waals surface area contributed by atoms with Crippen LogP contribution in [-0.4, -0.2) is 52.9 Å². The van der Waals surface area contributed by atoms with Gasteiger partial charge in [-0.3, -0.25) is 25.2 Å². The standard InChI is InChI=1S/C35H31N3O9/c1-21-8-12-25(13-9-21)34(44)46-29(30(33(42)43)47-35(45)26-14-10-22(2)11-15-26)32(41)38-37-31(40)24-16-18-27(19-17-24)36-28(39)20-23-6-4-3-5-7-23/h3-19,29-30H,20H2,1-2H3,(H,36,39)(H,37,40)(H,38,41)(H,42,43)/t29-,30+/m0/s1. The Kier molecular flexibility index (Phi) is 11.2. The Morgan fingerprint density at radius 1 is 0.617 bits per heavy atom. The normalized spacial score (nSPS) is 11.7. The predicted octanol–water partition coefficient (Wildman–Crippen LogP) is 3.78. The molecule has 4 aromatic carbocycles. The summed E-state index contributed by atoms with van der Waals surface area (Å²) >= 11 is 0. The number of hydrazine groups is 1. The van der Waals surface area contributed by atoms with Crippen LogP contribution in [0.4, 0.5) is 5.69 Å². The van der Waals surface area contributed by atoms with Gasteiger partial charge in [0, 0.05) is 11.3 Å². The molecule has 12 nitrogen and oxygen atoms in total. The Morgan fingerprint density at radius 2 is 1.11 bits per heavy atom. The average molecular weight is 638 g/mol. The Labute approximate surface area is 269 Å². The molecule has 4 N–H and O–H groups in total. The Morgan fingerprint density at radius 3 is 1.62 bits per heavy atom. The lowest BCUT2D eigenvalue weighted by Crippen LogP contribution is -2.54. The fourth-order valence-electron chi connectivity index (χ4n) is 4.19. The summed E-state index contributed by atoms with van der Waals surface area (Å²) in [6.07, 6.45) is -4.34. The minimum atomic E-state index is -2.28. The minimum Gasteiger partial charge on any atom is -0.478 e. The van der Waals surface area contributed by atoms with Crippen LogP contribution in [0.1, 0.15) is 47.8 Å². The number of carbonyl (C=O) groups excluding carboxylic acids is 5. The fraction of sp³-hybridized carbons (Fsp3) is 0.143. The molecule has 12 heteroatoms. The summed E-state index contributed by atoms with van der Waals surface area (Å²) in [7, 11) is 0. The van der Waals surface area contributed by atoms with Crippen molar-refractivity contribution in [2.75, 3.05) is 5.32 Å². The third-order valence-corrected chi connectivity index (χ3v) is 6.76. The number of rotatable bonds is 11. The second-order valence-electron chi connectivity index (χ2n) is 10.5. The van der Waals surface area contributed by atoms with E-state index in [1.165, 1.54) is 48.5 Å². The molecule has 2 atom stereocenters. The number of esters is 2. The van der Waals surface area contributed by atoms with E-state index in [0.29, 0.717) is 5.69 Å². The van der Waals surface area contributed by atoms with Crippen LogP contribution < -0.4 is 16.2 Å². The van der Waals surface area contributed by atoms with Gasteiger partial charge >= 0.3 is 17.9 Å². The van der Waals surface area contributed by atoms with Crippen LogP contribution in [0.3, 0.4) is 0 Å². The molecule has 0 unspecified atom stereocenters. The molecule has 0 fully saturated rings. The number of aliphatic carboxylic acids is 1. The lowest BCUT2D eigenvalue weighted by Gasteiger charge is -2.23. The van der Waals surface area contributed by atoms with Crippen molar-refractivity contribution >= 4 is 41.3 Å². The number of benzene rings is 4. The molecule has 0 heterocycles. The Hall–Kier alpha value is -6.30. The van der Waals surface area contributed by atoms with E-state index in [9.17, 15) is 33.9 Å². The number of carboxylic acid groups (broad SMARTS) is 1. The lowest BCUT2D eigenvalue weighted by atomic mass is 10.1. The number of anilines is 1. The van der Waals surface area contributed by atoms with Crippen LogP contribution in [0.25, 0.3) is 0 Å². The summed E-state index contributed by atoms with van der Waals surface area (Å²) in [5, 5.41) is 12.6. The molecular weight excluding hydrogens is 606 g/mol. The molecule has 0 saturated heterocycles. The van der Waals surface area contributed by atoms with E-state index in [4.69, 9.17) is 9.47 Å². The third-order valence-electron chi connectivity index (χ3n) is 6.76. The molecule has 0 aliphatic heterocycles. The molecule has 0 aliphatic carbocycles. The second-order valence-corrected chi connectivity index (χ2v) is 10.5. The SMILES string of the molecule is Cc1ccc(C(=O)O[C@H](C(=O)NNC(=O)c2ccc(NC(=O)Cc3ccccc3)cc2)[C@@H](OC(=O)c2ccc(C)cc2)C(=O)O)cc1. The molecule has 240 valence electrons. The molecule has 4 aromatic rings. The van der Waals surface area contributed by atoms with Crippen LogP contribution in [-0.2, 0) is 30.3 Å². The van der Waals surface area contributed by atoms with E-state index >= 15 is 0 Å². The highest BCUT2D eigenvalue weighted by Crippen LogP contribution is 2.15. The molecule has 0 aliphatic rings. The van der Waals surface area contributed by atoms with Gasteiger partial charge in [-0.25, -0.2) is 14.4 Å². The molecule has 47 heavy (non-hydrogen) atoms. The van der Waals surface area contributed by atoms with Gasteiger partial charge < -0.3 is 19.9 Å². The third kappa shape index (κ3) is 9.59. The van der Waals surface area contributed by atoms with Gasteiger partial charge in [-0.15, -0.1) is 0 Å². The Bertz CT molecular complexity index is 1760. The quantitative estimate of drug-likeness (QED) is 0.141. The van der Waals surface area contributed by atoms with Crippen molar-refractivity contribution in [2.24, 2.45) is 0 Å². The van der Waals surface area contributed by atoms with E-state index in [1.54, 1.807) is 38.1 Å². The first-order valence-corrected chi connectivity index (χ1v) is 14.3. The zero-order valence-electron chi connectivity index (χ0n) is 25.4. The molecule has 0 radical (unpaired) electrons. The highest BCUT2D eigenvalue weighted by atomic mass is 16.6. The van der Waals surface area contributed by atoms with Crippen molar-refractivity contribution in [3.05, 3.63) is 137 Å². The van der Waals surface area contributed by atoms with Crippen molar-refractivity contribution in [1.29, 1.82) is 0 Å². The predicted molar refractivity (Wildman–Crippen MR) is 169 cm³/mol. The smallest absolute Gasteiger partial charge is 0.349 e. The van der Waals surface area contributed by atoms with Crippen molar-refractivity contribution in [3.8, 4) is 0 Å². The highest BCUT2D eigenvalue weighted by molar-refractivity contribution is 5.99. The monoisotopic (exact) mass is 637 g/mol. The van der Waals surface area contributed by atoms with Crippen LogP contribution in [0.5, 0.6) is 0 Å². The highest BCUT2D eigenvalue weighted by Gasteiger charge is 2.41. The molecule has 0 spiro atoms. The second kappa shape index (κ2) is 15.6. The molecule has 0 aromatic heterocycles. The number of aryl methyl sites for hydroxylation is 2. The summed E-state index contributed by atoms with van der Waals surface area (Å²) in [5.41, 5.74) is 7.15. The van der Waals surface area contributed by atoms with Gasteiger partial charge in [0.2, 0.25) is 18.1 Å². The fourth-order valence-corrected chi connectivity index (χ4v) is 4.19. The summed E-state index contributed by atoms with van der Waals surface area (Å²) < 4.78 is 10.4. The molecule has 4 rings (SSSR count). The number of ether oxygens (including phenoxy) is 2. The first kappa shape index (κ1) is 33.6. The van der Waals surface area contributed by atoms with Crippen molar-refractivity contribution in [2.45, 2.75) is 32.5 Å². The number of amides is 3. The zero-order chi connectivity index (χ0) is 33.9. The van der Waals surface area contributed by atoms with E-state index in [-0.39, 0.29) is 29.0 Å². The number of carbonyl (C=O) groups is 6. The Balaban J connectivity index is 1.45. The van der Waals surface area contributed by atoms with Crippen molar-refractivity contribution < 1.29 is 43.3 Å². The van der Waals surface area contributed by atoms with Gasteiger partial charge in [-0.05, 0) is 67.9 Å². The van der Waals surface area contributed by atoms with Crippen LogP contribution in [0.2, 0.25) is 0 Å². The topological polar surface area (TPSA) is 177 Å².